The number of fused-ring (bicyclic) bond motifs is 1. The van der Waals surface area contributed by atoms with E-state index in [2.05, 4.69) is 39.2 Å². The number of aromatic amines is 1. The van der Waals surface area contributed by atoms with Crippen LogP contribution < -0.4 is 11.1 Å². The number of amides is 1. The molecule has 0 radical (unpaired) electrons. The number of nitrogens with two attached hydrogens (primary N) is 1. The first-order valence-corrected chi connectivity index (χ1v) is 14.6. The number of ketones is 1. The molecule has 3 aromatic rings. The zero-order valence-electron chi connectivity index (χ0n) is 23.4. The van der Waals surface area contributed by atoms with Crippen LogP contribution in [-0.4, -0.2) is 64.7 Å². The molecule has 39 heavy (non-hydrogen) atoms. The van der Waals surface area contributed by atoms with Gasteiger partial charge in [0.2, 0.25) is 5.91 Å². The van der Waals surface area contributed by atoms with E-state index in [9.17, 15) is 9.59 Å². The third-order valence-corrected chi connectivity index (χ3v) is 9.02. The molecule has 0 aliphatic carbocycles. The van der Waals surface area contributed by atoms with Crippen LogP contribution in [-0.2, 0) is 28.1 Å². The van der Waals surface area contributed by atoms with Gasteiger partial charge in [-0.05, 0) is 69.3 Å². The molecule has 2 fully saturated rings. The molecule has 2 aliphatic rings. The molecule has 0 spiro atoms. The molecule has 7 nitrogen and oxygen atoms in total. The number of Topliss-reactive ketones (excluding diaryl/α,β-unsaturated/α-hetero) is 1. The van der Waals surface area contributed by atoms with Crippen LogP contribution in [0, 0.1) is 0 Å². The van der Waals surface area contributed by atoms with Gasteiger partial charge in [-0.2, -0.15) is 0 Å². The molecule has 2 aromatic carbocycles. The van der Waals surface area contributed by atoms with E-state index in [4.69, 9.17) is 5.73 Å². The zero-order chi connectivity index (χ0) is 27.4. The average Bonchev–Trinajstić information content (AvgIpc) is 3.42. The van der Waals surface area contributed by atoms with Crippen LogP contribution in [0.4, 0.5) is 0 Å². The van der Waals surface area contributed by atoms with Crippen LogP contribution in [0.3, 0.4) is 0 Å². The van der Waals surface area contributed by atoms with Crippen molar-refractivity contribution in [3.63, 3.8) is 0 Å². The van der Waals surface area contributed by atoms with Crippen molar-refractivity contribution in [1.29, 1.82) is 0 Å². The molecular formula is C32H43N5O2. The van der Waals surface area contributed by atoms with Crippen molar-refractivity contribution in [3.8, 4) is 0 Å². The number of hydrogen-bond donors (Lipinski definition) is 3. The maximum atomic E-state index is 14.2. The smallest absolute Gasteiger partial charge is 0.240 e. The molecule has 2 unspecified atom stereocenters. The number of H-pyrrole nitrogens is 1. The summed E-state index contributed by atoms with van der Waals surface area (Å²) in [4.78, 5) is 35.8. The number of likely N-dealkylation sites (tertiary alicyclic amines) is 2. The number of rotatable bonds is 9. The predicted molar refractivity (Wildman–Crippen MR) is 156 cm³/mol. The monoisotopic (exact) mass is 529 g/mol. The highest BCUT2D eigenvalue weighted by atomic mass is 16.2. The maximum Gasteiger partial charge on any atom is 0.240 e. The van der Waals surface area contributed by atoms with E-state index in [0.29, 0.717) is 18.2 Å². The maximum absolute atomic E-state index is 14.2. The molecule has 7 heteroatoms. The van der Waals surface area contributed by atoms with Crippen molar-refractivity contribution in [3.05, 3.63) is 71.4 Å². The predicted octanol–water partition coefficient (Wildman–Crippen LogP) is 4.11. The number of piperidine rings is 2. The summed E-state index contributed by atoms with van der Waals surface area (Å²) in [5.74, 6) is -0.403. The number of nitrogens with zero attached hydrogens (tertiary/aromatic N) is 2. The molecular weight excluding hydrogens is 486 g/mol. The van der Waals surface area contributed by atoms with E-state index < -0.39 is 11.6 Å². The van der Waals surface area contributed by atoms with Gasteiger partial charge in [-0.1, -0.05) is 55.8 Å². The topological polar surface area (TPSA) is 94.5 Å². The van der Waals surface area contributed by atoms with Gasteiger partial charge in [-0.15, -0.1) is 0 Å². The Kier molecular flexibility index (Phi) is 8.50. The van der Waals surface area contributed by atoms with Crippen molar-refractivity contribution in [1.82, 2.24) is 20.1 Å². The van der Waals surface area contributed by atoms with Crippen LogP contribution in [0.2, 0.25) is 0 Å². The SMILES string of the molecule is CCc1ccccc1CNC(=O)C(N1CCC(N2CCCCC2)CC1)C(N)(C(C)=O)c1c[nH]c2ccccc12. The van der Waals surface area contributed by atoms with Gasteiger partial charge in [0.05, 0.1) is 0 Å². The van der Waals surface area contributed by atoms with E-state index in [0.717, 1.165) is 61.9 Å². The van der Waals surface area contributed by atoms with Gasteiger partial charge in [0.25, 0.3) is 0 Å². The van der Waals surface area contributed by atoms with E-state index in [1.807, 2.05) is 42.6 Å². The Morgan fingerprint density at radius 2 is 1.67 bits per heavy atom. The number of aryl methyl sites for hydroxylation is 1. The first kappa shape index (κ1) is 27.6. The molecule has 208 valence electrons. The number of carbonyl (C=O) groups is 2. The van der Waals surface area contributed by atoms with Gasteiger partial charge < -0.3 is 20.9 Å². The van der Waals surface area contributed by atoms with Gasteiger partial charge in [0, 0.05) is 48.3 Å². The third kappa shape index (κ3) is 5.53. The summed E-state index contributed by atoms with van der Waals surface area (Å²) < 4.78 is 0. The van der Waals surface area contributed by atoms with Crippen LogP contribution in [0.25, 0.3) is 10.9 Å². The summed E-state index contributed by atoms with van der Waals surface area (Å²) in [6, 6.07) is 15.7. The van der Waals surface area contributed by atoms with Crippen molar-refractivity contribution in [2.75, 3.05) is 26.2 Å². The molecule has 1 amide bonds. The Hall–Kier alpha value is -3.00. The first-order chi connectivity index (χ1) is 18.9. The molecule has 2 saturated heterocycles. The van der Waals surface area contributed by atoms with Gasteiger partial charge in [-0.3, -0.25) is 14.5 Å². The molecule has 5 rings (SSSR count). The number of para-hydroxylation sites is 1. The Labute approximate surface area is 232 Å². The fourth-order valence-electron chi connectivity index (χ4n) is 6.75. The fourth-order valence-corrected chi connectivity index (χ4v) is 6.75. The van der Waals surface area contributed by atoms with Crippen LogP contribution in [0.5, 0.6) is 0 Å². The fraction of sp³-hybridized carbons (Fsp3) is 0.500. The summed E-state index contributed by atoms with van der Waals surface area (Å²) >= 11 is 0. The van der Waals surface area contributed by atoms with Crippen LogP contribution >= 0.6 is 0 Å². The van der Waals surface area contributed by atoms with Gasteiger partial charge in [-0.25, -0.2) is 0 Å². The minimum Gasteiger partial charge on any atom is -0.361 e. The Morgan fingerprint density at radius 3 is 2.36 bits per heavy atom. The van der Waals surface area contributed by atoms with Crippen molar-refractivity contribution >= 4 is 22.6 Å². The molecule has 0 saturated carbocycles. The summed E-state index contributed by atoms with van der Waals surface area (Å²) in [5, 5.41) is 4.06. The largest absolute Gasteiger partial charge is 0.361 e. The number of hydrogen-bond acceptors (Lipinski definition) is 5. The quantitative estimate of drug-likeness (QED) is 0.388. The molecule has 3 heterocycles. The lowest BCUT2D eigenvalue weighted by Gasteiger charge is -2.46. The molecule has 1 aromatic heterocycles. The van der Waals surface area contributed by atoms with E-state index in [1.54, 1.807) is 0 Å². The summed E-state index contributed by atoms with van der Waals surface area (Å²) in [5.41, 5.74) is 9.56. The summed E-state index contributed by atoms with van der Waals surface area (Å²) in [7, 11) is 0. The highest BCUT2D eigenvalue weighted by molar-refractivity contribution is 6.00. The molecule has 2 aliphatic heterocycles. The van der Waals surface area contributed by atoms with E-state index >= 15 is 0 Å². The second kappa shape index (κ2) is 12.0. The normalized spacial score (nSPS) is 20.0. The standard InChI is InChI=1S/C32H43N5O2/c1-3-24-11-5-6-12-25(24)21-35-31(39)30(37-19-15-26(16-20-37)36-17-9-4-10-18-36)32(33,23(2)38)28-22-34-29-14-8-7-13-27(28)29/h5-8,11-14,22,26,30,34H,3-4,9-10,15-21,33H2,1-2H3,(H,35,39). The van der Waals surface area contributed by atoms with Gasteiger partial charge >= 0.3 is 0 Å². The molecule has 2 atom stereocenters. The highest BCUT2D eigenvalue weighted by Gasteiger charge is 2.50. The lowest BCUT2D eigenvalue weighted by molar-refractivity contribution is -0.137. The van der Waals surface area contributed by atoms with Crippen molar-refractivity contribution in [2.45, 2.75) is 76.5 Å². The number of aromatic nitrogens is 1. The third-order valence-electron chi connectivity index (χ3n) is 9.02. The Morgan fingerprint density at radius 1 is 1.00 bits per heavy atom. The number of nitrogens with one attached hydrogen (secondary N) is 2. The minimum atomic E-state index is -1.49. The van der Waals surface area contributed by atoms with Gasteiger partial charge in [0.15, 0.2) is 5.78 Å². The van der Waals surface area contributed by atoms with E-state index in [1.165, 1.54) is 31.7 Å². The number of benzene rings is 2. The molecule has 0 bridgehead atoms. The second-order valence-electron chi connectivity index (χ2n) is 11.3. The minimum absolute atomic E-state index is 0.194. The second-order valence-corrected chi connectivity index (χ2v) is 11.3. The zero-order valence-corrected chi connectivity index (χ0v) is 23.4. The van der Waals surface area contributed by atoms with E-state index in [-0.39, 0.29) is 11.7 Å². The lowest BCUT2D eigenvalue weighted by atomic mass is 9.78. The van der Waals surface area contributed by atoms with Crippen LogP contribution in [0.15, 0.2) is 54.7 Å². The van der Waals surface area contributed by atoms with Gasteiger partial charge in [0.1, 0.15) is 11.6 Å². The Balaban J connectivity index is 1.46. The summed E-state index contributed by atoms with van der Waals surface area (Å²) in [6.45, 7) is 7.84. The highest BCUT2D eigenvalue weighted by Crippen LogP contribution is 2.35. The lowest BCUT2D eigenvalue weighted by Crippen LogP contribution is -2.67. The Bertz CT molecular complexity index is 1290. The average molecular weight is 530 g/mol. The van der Waals surface area contributed by atoms with Crippen LogP contribution in [0.1, 0.15) is 62.6 Å². The summed E-state index contributed by atoms with van der Waals surface area (Å²) in [6.07, 6.45) is 8.51. The molecule has 4 N–H and O–H groups in total. The van der Waals surface area contributed by atoms with Crippen molar-refractivity contribution < 1.29 is 9.59 Å². The van der Waals surface area contributed by atoms with Crippen molar-refractivity contribution in [2.24, 2.45) is 5.73 Å². The first-order valence-electron chi connectivity index (χ1n) is 14.6. The number of carbonyl (C=O) groups excluding carboxylic acids is 2.